The largest absolute Gasteiger partial charge is 0.325 e. The van der Waals surface area contributed by atoms with Gasteiger partial charge in [-0.2, -0.15) is 5.26 Å². The van der Waals surface area contributed by atoms with Crippen LogP contribution in [0.25, 0.3) is 0 Å². The Balaban J connectivity index is 2.71. The number of nitrogens with one attached hydrogen (secondary N) is 1. The van der Waals surface area contributed by atoms with Crippen LogP contribution >= 0.6 is 0 Å². The molecule has 0 spiro atoms. The van der Waals surface area contributed by atoms with E-state index in [0.29, 0.717) is 6.42 Å². The summed E-state index contributed by atoms with van der Waals surface area (Å²) >= 11 is 0. The summed E-state index contributed by atoms with van der Waals surface area (Å²) in [6.07, 6.45) is 4.70. The zero-order valence-electron chi connectivity index (χ0n) is 9.53. The number of aryl methyl sites for hydroxylation is 1. The van der Waals surface area contributed by atoms with Gasteiger partial charge in [-0.3, -0.25) is 9.78 Å². The second kappa shape index (κ2) is 5.86. The average molecular weight is 217 g/mol. The average Bonchev–Trinajstić information content (AvgIpc) is 2.29. The zero-order valence-corrected chi connectivity index (χ0v) is 9.53. The number of hydrogen-bond acceptors (Lipinski definition) is 3. The first-order valence-electron chi connectivity index (χ1n) is 5.30. The molecule has 0 bridgehead atoms. The minimum Gasteiger partial charge on any atom is -0.325 e. The maximum absolute atomic E-state index is 11.7. The van der Waals surface area contributed by atoms with E-state index in [1.165, 1.54) is 0 Å². The number of carbonyl (C=O) groups is 1. The van der Waals surface area contributed by atoms with Gasteiger partial charge in [0.15, 0.2) is 0 Å². The standard InChI is InChI=1S/C12H15N3O/c1-3-4-10(7-13)12(16)15-11-5-6-14-8-9(11)2/h5-6,8,10H,3-4H2,1-2H3,(H,14,15,16). The van der Waals surface area contributed by atoms with E-state index >= 15 is 0 Å². The van der Waals surface area contributed by atoms with Gasteiger partial charge in [0.05, 0.1) is 6.07 Å². The molecule has 1 atom stereocenters. The molecule has 1 N–H and O–H groups in total. The number of amides is 1. The fourth-order valence-corrected chi connectivity index (χ4v) is 1.38. The highest BCUT2D eigenvalue weighted by Crippen LogP contribution is 2.14. The van der Waals surface area contributed by atoms with Crippen molar-refractivity contribution in [1.82, 2.24) is 4.98 Å². The Morgan fingerprint density at radius 3 is 3.00 bits per heavy atom. The van der Waals surface area contributed by atoms with E-state index in [9.17, 15) is 4.79 Å². The summed E-state index contributed by atoms with van der Waals surface area (Å²) in [5, 5.41) is 11.6. The van der Waals surface area contributed by atoms with Crippen molar-refractivity contribution in [3.63, 3.8) is 0 Å². The predicted octanol–water partition coefficient (Wildman–Crippen LogP) is 2.27. The van der Waals surface area contributed by atoms with Gasteiger partial charge >= 0.3 is 0 Å². The maximum Gasteiger partial charge on any atom is 0.241 e. The molecule has 0 aromatic carbocycles. The highest BCUT2D eigenvalue weighted by molar-refractivity contribution is 5.94. The van der Waals surface area contributed by atoms with Gasteiger partial charge in [0.25, 0.3) is 0 Å². The zero-order chi connectivity index (χ0) is 12.0. The van der Waals surface area contributed by atoms with Crippen LogP contribution in [-0.4, -0.2) is 10.9 Å². The molecule has 1 aromatic rings. The summed E-state index contributed by atoms with van der Waals surface area (Å²) in [7, 11) is 0. The van der Waals surface area contributed by atoms with Crippen LogP contribution in [0, 0.1) is 24.2 Å². The van der Waals surface area contributed by atoms with Crippen LogP contribution in [-0.2, 0) is 4.79 Å². The molecule has 0 saturated heterocycles. The summed E-state index contributed by atoms with van der Waals surface area (Å²) in [6, 6.07) is 3.74. The molecule has 1 rings (SSSR count). The minimum atomic E-state index is -0.572. The lowest BCUT2D eigenvalue weighted by molar-refractivity contribution is -0.118. The lowest BCUT2D eigenvalue weighted by Crippen LogP contribution is -2.21. The van der Waals surface area contributed by atoms with Crippen LogP contribution in [0.15, 0.2) is 18.5 Å². The van der Waals surface area contributed by atoms with Crippen molar-refractivity contribution < 1.29 is 4.79 Å². The highest BCUT2D eigenvalue weighted by Gasteiger charge is 2.17. The topological polar surface area (TPSA) is 65.8 Å². The van der Waals surface area contributed by atoms with Gasteiger partial charge in [0.1, 0.15) is 5.92 Å². The molecule has 0 fully saturated rings. The minimum absolute atomic E-state index is 0.237. The third kappa shape index (κ3) is 3.06. The number of carbonyl (C=O) groups excluding carboxylic acids is 1. The van der Waals surface area contributed by atoms with E-state index in [1.807, 2.05) is 19.9 Å². The van der Waals surface area contributed by atoms with E-state index in [1.54, 1.807) is 18.5 Å². The van der Waals surface area contributed by atoms with Crippen LogP contribution in [0.1, 0.15) is 25.3 Å². The number of anilines is 1. The first kappa shape index (κ1) is 12.2. The van der Waals surface area contributed by atoms with Gasteiger partial charge in [0.2, 0.25) is 5.91 Å². The number of aromatic nitrogens is 1. The molecule has 84 valence electrons. The fraction of sp³-hybridized carbons (Fsp3) is 0.417. The Morgan fingerprint density at radius 1 is 1.69 bits per heavy atom. The molecule has 0 aliphatic carbocycles. The van der Waals surface area contributed by atoms with Gasteiger partial charge in [-0.25, -0.2) is 0 Å². The third-order valence-electron chi connectivity index (χ3n) is 2.33. The van der Waals surface area contributed by atoms with Gasteiger partial charge in [-0.15, -0.1) is 0 Å². The van der Waals surface area contributed by atoms with Gasteiger partial charge < -0.3 is 5.32 Å². The van der Waals surface area contributed by atoms with Crippen LogP contribution in [0.3, 0.4) is 0 Å². The Hall–Kier alpha value is -1.89. The summed E-state index contributed by atoms with van der Waals surface area (Å²) < 4.78 is 0. The van der Waals surface area contributed by atoms with Crippen LogP contribution < -0.4 is 5.32 Å². The second-order valence-electron chi connectivity index (χ2n) is 3.65. The summed E-state index contributed by atoms with van der Waals surface area (Å²) in [5.41, 5.74) is 1.61. The molecule has 1 unspecified atom stereocenters. The second-order valence-corrected chi connectivity index (χ2v) is 3.65. The number of nitrogens with zero attached hydrogens (tertiary/aromatic N) is 2. The van der Waals surface area contributed by atoms with Gasteiger partial charge in [-0.1, -0.05) is 13.3 Å². The Morgan fingerprint density at radius 2 is 2.44 bits per heavy atom. The molecule has 16 heavy (non-hydrogen) atoms. The lowest BCUT2D eigenvalue weighted by atomic mass is 10.0. The maximum atomic E-state index is 11.7. The molecular formula is C12H15N3O. The fourth-order valence-electron chi connectivity index (χ4n) is 1.38. The molecule has 1 heterocycles. The van der Waals surface area contributed by atoms with E-state index < -0.39 is 5.92 Å². The van der Waals surface area contributed by atoms with E-state index in [0.717, 1.165) is 17.7 Å². The van der Waals surface area contributed by atoms with E-state index in [4.69, 9.17) is 5.26 Å². The first-order chi connectivity index (χ1) is 7.69. The van der Waals surface area contributed by atoms with Gasteiger partial charge in [-0.05, 0) is 25.0 Å². The summed E-state index contributed by atoms with van der Waals surface area (Å²) in [5.74, 6) is -0.809. The third-order valence-corrected chi connectivity index (χ3v) is 2.33. The SMILES string of the molecule is CCCC(C#N)C(=O)Nc1ccncc1C. The smallest absolute Gasteiger partial charge is 0.241 e. The molecule has 4 nitrogen and oxygen atoms in total. The first-order valence-corrected chi connectivity index (χ1v) is 5.30. The molecule has 0 aliphatic rings. The van der Waals surface area contributed by atoms with Crippen molar-refractivity contribution in [2.45, 2.75) is 26.7 Å². The number of hydrogen-bond donors (Lipinski definition) is 1. The van der Waals surface area contributed by atoms with E-state index in [2.05, 4.69) is 10.3 Å². The Bertz CT molecular complexity index is 409. The molecule has 0 saturated carbocycles. The van der Waals surface area contributed by atoms with Crippen LogP contribution in [0.2, 0.25) is 0 Å². The normalized spacial score (nSPS) is 11.6. The summed E-state index contributed by atoms with van der Waals surface area (Å²) in [4.78, 5) is 15.7. The molecule has 1 aromatic heterocycles. The van der Waals surface area contributed by atoms with Crippen molar-refractivity contribution in [1.29, 1.82) is 5.26 Å². The highest BCUT2D eigenvalue weighted by atomic mass is 16.1. The lowest BCUT2D eigenvalue weighted by Gasteiger charge is -2.10. The quantitative estimate of drug-likeness (QED) is 0.841. The van der Waals surface area contributed by atoms with E-state index in [-0.39, 0.29) is 5.91 Å². The number of nitriles is 1. The summed E-state index contributed by atoms with van der Waals surface area (Å²) in [6.45, 7) is 3.82. The van der Waals surface area contributed by atoms with Crippen molar-refractivity contribution in [3.05, 3.63) is 24.0 Å². The predicted molar refractivity (Wildman–Crippen MR) is 61.6 cm³/mol. The molecular weight excluding hydrogens is 202 g/mol. The number of pyridine rings is 1. The Kier molecular flexibility index (Phi) is 4.46. The number of rotatable bonds is 4. The van der Waals surface area contributed by atoms with Crippen molar-refractivity contribution in [3.8, 4) is 6.07 Å². The van der Waals surface area contributed by atoms with Crippen molar-refractivity contribution >= 4 is 11.6 Å². The van der Waals surface area contributed by atoms with Gasteiger partial charge in [0, 0.05) is 18.1 Å². The monoisotopic (exact) mass is 217 g/mol. The van der Waals surface area contributed by atoms with Crippen molar-refractivity contribution in [2.24, 2.45) is 5.92 Å². The molecule has 1 amide bonds. The van der Waals surface area contributed by atoms with Crippen LogP contribution in [0.5, 0.6) is 0 Å². The van der Waals surface area contributed by atoms with Crippen molar-refractivity contribution in [2.75, 3.05) is 5.32 Å². The molecule has 0 aliphatic heterocycles. The van der Waals surface area contributed by atoms with Crippen LogP contribution in [0.4, 0.5) is 5.69 Å². The Labute approximate surface area is 95.3 Å². The molecule has 4 heteroatoms. The molecule has 0 radical (unpaired) electrons.